The summed E-state index contributed by atoms with van der Waals surface area (Å²) >= 11 is 0. The molecule has 6 nitrogen and oxygen atoms in total. The molecular formula is C19H26N2O4S. The zero-order chi connectivity index (χ0) is 19.9. The van der Waals surface area contributed by atoms with E-state index in [0.717, 1.165) is 17.3 Å². The lowest BCUT2D eigenvalue weighted by atomic mass is 9.86. The molecule has 0 atom stereocenters. The topological polar surface area (TPSA) is 89.3 Å². The van der Waals surface area contributed by atoms with E-state index in [1.807, 2.05) is 24.3 Å². The average Bonchev–Trinajstić information content (AvgIpc) is 2.46. The normalized spacial score (nSPS) is 13.0. The first-order valence-corrected chi connectivity index (χ1v) is 9.84. The first-order valence-electron chi connectivity index (χ1n) is 8.40. The number of aromatic nitrogens is 2. The Morgan fingerprint density at radius 3 is 2.00 bits per heavy atom. The van der Waals surface area contributed by atoms with Gasteiger partial charge in [-0.3, -0.25) is 9.35 Å². The van der Waals surface area contributed by atoms with E-state index in [-0.39, 0.29) is 17.4 Å². The molecule has 0 fully saturated rings. The van der Waals surface area contributed by atoms with E-state index in [2.05, 4.69) is 25.9 Å². The van der Waals surface area contributed by atoms with Gasteiger partial charge in [0.1, 0.15) is 4.90 Å². The van der Waals surface area contributed by atoms with Gasteiger partial charge in [0.25, 0.3) is 15.7 Å². The van der Waals surface area contributed by atoms with Crippen molar-refractivity contribution in [3.63, 3.8) is 0 Å². The van der Waals surface area contributed by atoms with Gasteiger partial charge in [-0.15, -0.1) is 0 Å². The lowest BCUT2D eigenvalue weighted by Crippen LogP contribution is -2.38. The molecule has 0 aliphatic heterocycles. The SMILES string of the molecule is CC(C)(C)c1ccc(Cc2c(S(=O)(=O)O)cnn(C(C)(C)C)c2=O)cc1. The van der Waals surface area contributed by atoms with Crippen molar-refractivity contribution in [3.05, 3.63) is 57.5 Å². The molecule has 1 aromatic carbocycles. The molecular weight excluding hydrogens is 352 g/mol. The molecule has 0 amide bonds. The first-order chi connectivity index (χ1) is 11.7. The van der Waals surface area contributed by atoms with Gasteiger partial charge in [0.2, 0.25) is 0 Å². The maximum atomic E-state index is 12.8. The van der Waals surface area contributed by atoms with E-state index in [1.165, 1.54) is 4.68 Å². The van der Waals surface area contributed by atoms with Crippen LogP contribution in [0.2, 0.25) is 0 Å². The van der Waals surface area contributed by atoms with Gasteiger partial charge in [0.05, 0.1) is 11.7 Å². The third-order valence-corrected chi connectivity index (χ3v) is 5.06. The maximum Gasteiger partial charge on any atom is 0.296 e. The van der Waals surface area contributed by atoms with Gasteiger partial charge >= 0.3 is 0 Å². The molecule has 1 N–H and O–H groups in total. The molecule has 1 heterocycles. The minimum absolute atomic E-state index is 0.00620. The van der Waals surface area contributed by atoms with Gasteiger partial charge in [-0.25, -0.2) is 4.68 Å². The Hall–Kier alpha value is -1.99. The number of hydrogen-bond acceptors (Lipinski definition) is 4. The van der Waals surface area contributed by atoms with Gasteiger partial charge < -0.3 is 0 Å². The van der Waals surface area contributed by atoms with Gasteiger partial charge in [-0.2, -0.15) is 13.5 Å². The Kier molecular flexibility index (Phi) is 5.18. The summed E-state index contributed by atoms with van der Waals surface area (Å²) in [5, 5.41) is 3.93. The standard InChI is InChI=1S/C19H26N2O4S/c1-18(2,3)14-9-7-13(8-10-14)11-15-16(26(23,24)25)12-20-21(17(15)22)19(4,5)6/h7-10,12H,11H2,1-6H3,(H,23,24,25). The second kappa shape index (κ2) is 6.63. The molecule has 0 radical (unpaired) electrons. The lowest BCUT2D eigenvalue weighted by Gasteiger charge is -2.22. The molecule has 2 rings (SSSR count). The molecule has 2 aromatic rings. The Morgan fingerprint density at radius 1 is 1.04 bits per heavy atom. The van der Waals surface area contributed by atoms with Crippen LogP contribution in [0.4, 0.5) is 0 Å². The van der Waals surface area contributed by atoms with Crippen molar-refractivity contribution in [1.29, 1.82) is 0 Å². The van der Waals surface area contributed by atoms with Gasteiger partial charge in [0, 0.05) is 12.0 Å². The van der Waals surface area contributed by atoms with Crippen molar-refractivity contribution < 1.29 is 13.0 Å². The predicted molar refractivity (Wildman–Crippen MR) is 101 cm³/mol. The van der Waals surface area contributed by atoms with E-state index in [0.29, 0.717) is 0 Å². The van der Waals surface area contributed by atoms with Gasteiger partial charge in [-0.05, 0) is 37.3 Å². The second-order valence-electron chi connectivity index (χ2n) is 8.47. The third-order valence-electron chi connectivity index (χ3n) is 4.15. The lowest BCUT2D eigenvalue weighted by molar-refractivity contribution is 0.333. The molecule has 7 heteroatoms. The van der Waals surface area contributed by atoms with Gasteiger partial charge in [0.15, 0.2) is 0 Å². The van der Waals surface area contributed by atoms with Crippen LogP contribution >= 0.6 is 0 Å². The average molecular weight is 378 g/mol. The number of hydrogen-bond donors (Lipinski definition) is 1. The van der Waals surface area contributed by atoms with E-state index in [9.17, 15) is 17.8 Å². The van der Waals surface area contributed by atoms with Crippen LogP contribution in [0.1, 0.15) is 58.2 Å². The van der Waals surface area contributed by atoms with E-state index in [1.54, 1.807) is 20.8 Å². The van der Waals surface area contributed by atoms with Crippen LogP contribution in [-0.4, -0.2) is 22.8 Å². The van der Waals surface area contributed by atoms with Crippen LogP contribution in [-0.2, 0) is 27.5 Å². The molecule has 0 saturated heterocycles. The van der Waals surface area contributed by atoms with Crippen LogP contribution < -0.4 is 5.56 Å². The summed E-state index contributed by atoms with van der Waals surface area (Å²) in [5.74, 6) is 0. The Bertz CT molecular complexity index is 961. The van der Waals surface area contributed by atoms with Crippen LogP contribution in [0.15, 0.2) is 40.2 Å². The largest absolute Gasteiger partial charge is 0.296 e. The quantitative estimate of drug-likeness (QED) is 0.829. The number of benzene rings is 1. The third kappa shape index (κ3) is 4.40. The number of rotatable bonds is 3. The van der Waals surface area contributed by atoms with Crippen LogP contribution in [0.25, 0.3) is 0 Å². The highest BCUT2D eigenvalue weighted by Gasteiger charge is 2.25. The van der Waals surface area contributed by atoms with Crippen molar-refractivity contribution >= 4 is 10.1 Å². The summed E-state index contributed by atoms with van der Waals surface area (Å²) in [7, 11) is -4.55. The van der Waals surface area contributed by atoms with Crippen LogP contribution in [0.3, 0.4) is 0 Å². The molecule has 0 spiro atoms. The fourth-order valence-corrected chi connectivity index (χ4v) is 3.31. The van der Waals surface area contributed by atoms with Crippen molar-refractivity contribution in [3.8, 4) is 0 Å². The minimum Gasteiger partial charge on any atom is -0.282 e. The first kappa shape index (κ1) is 20.3. The molecule has 0 unspecified atom stereocenters. The summed E-state index contributed by atoms with van der Waals surface area (Å²) in [6.45, 7) is 11.7. The van der Waals surface area contributed by atoms with Crippen LogP contribution in [0.5, 0.6) is 0 Å². The molecule has 26 heavy (non-hydrogen) atoms. The van der Waals surface area contributed by atoms with Gasteiger partial charge in [-0.1, -0.05) is 45.0 Å². The zero-order valence-corrected chi connectivity index (χ0v) is 16.9. The highest BCUT2D eigenvalue weighted by molar-refractivity contribution is 7.85. The summed E-state index contributed by atoms with van der Waals surface area (Å²) < 4.78 is 34.2. The van der Waals surface area contributed by atoms with Crippen molar-refractivity contribution in [1.82, 2.24) is 9.78 Å². The summed E-state index contributed by atoms with van der Waals surface area (Å²) in [4.78, 5) is 12.4. The predicted octanol–water partition coefficient (Wildman–Crippen LogP) is 3.13. The number of nitrogens with zero attached hydrogens (tertiary/aromatic N) is 2. The monoisotopic (exact) mass is 378 g/mol. The zero-order valence-electron chi connectivity index (χ0n) is 16.1. The van der Waals surface area contributed by atoms with Crippen molar-refractivity contribution in [2.75, 3.05) is 0 Å². The van der Waals surface area contributed by atoms with Crippen LogP contribution in [0, 0.1) is 0 Å². The summed E-state index contributed by atoms with van der Waals surface area (Å²) in [5.41, 5.74) is 0.797. The van der Waals surface area contributed by atoms with E-state index in [4.69, 9.17) is 0 Å². The Balaban J connectivity index is 2.59. The van der Waals surface area contributed by atoms with Crippen molar-refractivity contribution in [2.45, 2.75) is 63.8 Å². The summed E-state index contributed by atoms with van der Waals surface area (Å²) in [6, 6.07) is 7.67. The molecule has 0 aliphatic rings. The highest BCUT2D eigenvalue weighted by Crippen LogP contribution is 2.23. The maximum absolute atomic E-state index is 12.8. The second-order valence-corrected chi connectivity index (χ2v) is 9.86. The molecule has 0 bridgehead atoms. The molecule has 0 aliphatic carbocycles. The van der Waals surface area contributed by atoms with E-state index < -0.39 is 26.1 Å². The molecule has 0 saturated carbocycles. The van der Waals surface area contributed by atoms with E-state index >= 15 is 0 Å². The fourth-order valence-electron chi connectivity index (χ4n) is 2.66. The molecule has 1 aromatic heterocycles. The Labute approximate surface area is 154 Å². The Morgan fingerprint density at radius 2 is 1.58 bits per heavy atom. The smallest absolute Gasteiger partial charge is 0.282 e. The minimum atomic E-state index is -4.55. The highest BCUT2D eigenvalue weighted by atomic mass is 32.2. The molecule has 142 valence electrons. The van der Waals surface area contributed by atoms with Crippen molar-refractivity contribution in [2.24, 2.45) is 0 Å². The summed E-state index contributed by atoms with van der Waals surface area (Å²) in [6.07, 6.45) is 1.14. The fraction of sp³-hybridized carbons (Fsp3) is 0.474.